The molecule has 15 heavy (non-hydrogen) atoms. The Morgan fingerprint density at radius 2 is 2.40 bits per heavy atom. The van der Waals surface area contributed by atoms with Crippen LogP contribution in [0.25, 0.3) is 0 Å². The lowest BCUT2D eigenvalue weighted by molar-refractivity contribution is 0.0592. The summed E-state index contributed by atoms with van der Waals surface area (Å²) in [5.74, 6) is -0.374. The minimum atomic E-state index is -0.374. The van der Waals surface area contributed by atoms with E-state index in [9.17, 15) is 4.79 Å². The molecule has 1 atom stereocenters. The average Bonchev–Trinajstić information content (AvgIpc) is 2.54. The molecule has 0 saturated carbocycles. The lowest BCUT2D eigenvalue weighted by atomic mass is 9.92. The monoisotopic (exact) mass is 209 g/mol. The Morgan fingerprint density at radius 1 is 1.67 bits per heavy atom. The third-order valence-electron chi connectivity index (χ3n) is 2.87. The number of nitrogens with zero attached hydrogens (tertiary/aromatic N) is 2. The van der Waals surface area contributed by atoms with Gasteiger partial charge < -0.3 is 10.5 Å². The number of carbonyl (C=O) groups excluding carboxylic acids is 1. The zero-order chi connectivity index (χ0) is 11.0. The van der Waals surface area contributed by atoms with Crippen molar-refractivity contribution in [1.29, 1.82) is 0 Å². The summed E-state index contributed by atoms with van der Waals surface area (Å²) in [6.45, 7) is 0. The molecule has 0 saturated heterocycles. The van der Waals surface area contributed by atoms with E-state index in [0.717, 1.165) is 24.1 Å². The van der Waals surface area contributed by atoms with E-state index in [1.165, 1.54) is 7.11 Å². The third kappa shape index (κ3) is 1.63. The zero-order valence-electron chi connectivity index (χ0n) is 8.99. The molecule has 1 aliphatic carbocycles. The van der Waals surface area contributed by atoms with Crippen LogP contribution in [0, 0.1) is 0 Å². The topological polar surface area (TPSA) is 70.1 Å². The molecule has 0 aliphatic heterocycles. The normalized spacial score (nSPS) is 19.8. The molecule has 1 aromatic heterocycles. The van der Waals surface area contributed by atoms with Crippen molar-refractivity contribution < 1.29 is 9.53 Å². The Morgan fingerprint density at radius 3 is 3.07 bits per heavy atom. The second-order valence-corrected chi connectivity index (χ2v) is 3.89. The lowest BCUT2D eigenvalue weighted by Gasteiger charge is -2.18. The van der Waals surface area contributed by atoms with E-state index in [0.29, 0.717) is 12.1 Å². The minimum Gasteiger partial charge on any atom is -0.464 e. The maximum atomic E-state index is 11.5. The molecule has 0 radical (unpaired) electrons. The molecule has 0 amide bonds. The molecule has 5 nitrogen and oxygen atoms in total. The van der Waals surface area contributed by atoms with Crippen molar-refractivity contribution >= 4 is 5.97 Å². The molecule has 0 aromatic carbocycles. The molecule has 1 aromatic rings. The fourth-order valence-corrected chi connectivity index (χ4v) is 2.08. The largest absolute Gasteiger partial charge is 0.464 e. The van der Waals surface area contributed by atoms with E-state index in [1.807, 2.05) is 7.05 Å². The van der Waals surface area contributed by atoms with Crippen molar-refractivity contribution in [3.63, 3.8) is 0 Å². The van der Waals surface area contributed by atoms with Gasteiger partial charge in [0.1, 0.15) is 0 Å². The number of carbonyl (C=O) groups is 1. The van der Waals surface area contributed by atoms with Crippen LogP contribution < -0.4 is 5.73 Å². The molecule has 82 valence electrons. The summed E-state index contributed by atoms with van der Waals surface area (Å²) < 4.78 is 6.45. The molecule has 2 N–H and O–H groups in total. The Labute approximate surface area is 88.2 Å². The molecule has 0 fully saturated rings. The van der Waals surface area contributed by atoms with Crippen LogP contribution >= 0.6 is 0 Å². The summed E-state index contributed by atoms with van der Waals surface area (Å²) in [6.07, 6.45) is 2.55. The van der Waals surface area contributed by atoms with E-state index in [-0.39, 0.29) is 12.0 Å². The predicted octanol–water partition coefficient (Wildman–Crippen LogP) is 0.0227. The number of aryl methyl sites for hydroxylation is 1. The number of esters is 1. The van der Waals surface area contributed by atoms with Gasteiger partial charge in [0, 0.05) is 24.3 Å². The number of hydrogen-bond acceptors (Lipinski definition) is 4. The highest BCUT2D eigenvalue weighted by Crippen LogP contribution is 2.23. The number of aromatic nitrogens is 2. The average molecular weight is 209 g/mol. The Hall–Kier alpha value is -1.36. The van der Waals surface area contributed by atoms with Crippen LogP contribution in [0.2, 0.25) is 0 Å². The first-order chi connectivity index (χ1) is 7.13. The number of nitrogens with two attached hydrogens (primary N) is 1. The lowest BCUT2D eigenvalue weighted by Crippen LogP contribution is -2.29. The van der Waals surface area contributed by atoms with Crippen LogP contribution in [0.1, 0.15) is 28.2 Å². The fraction of sp³-hybridized carbons (Fsp3) is 0.600. The van der Waals surface area contributed by atoms with E-state index in [2.05, 4.69) is 5.10 Å². The van der Waals surface area contributed by atoms with Crippen molar-refractivity contribution in [3.8, 4) is 0 Å². The van der Waals surface area contributed by atoms with Crippen molar-refractivity contribution in [2.45, 2.75) is 25.3 Å². The number of methoxy groups -OCH3 is 1. The Kier molecular flexibility index (Phi) is 2.48. The second kappa shape index (κ2) is 3.66. The van der Waals surface area contributed by atoms with Crippen molar-refractivity contribution in [3.05, 3.63) is 17.0 Å². The van der Waals surface area contributed by atoms with Crippen LogP contribution in [0.4, 0.5) is 0 Å². The van der Waals surface area contributed by atoms with Crippen LogP contribution in [0.15, 0.2) is 0 Å². The predicted molar refractivity (Wildman–Crippen MR) is 54.5 cm³/mol. The van der Waals surface area contributed by atoms with E-state index < -0.39 is 0 Å². The van der Waals surface area contributed by atoms with Crippen molar-refractivity contribution in [2.24, 2.45) is 12.8 Å². The van der Waals surface area contributed by atoms with Gasteiger partial charge in [0.2, 0.25) is 0 Å². The molecule has 1 aliphatic rings. The maximum Gasteiger partial charge on any atom is 0.358 e. The van der Waals surface area contributed by atoms with Crippen LogP contribution in [0.5, 0.6) is 0 Å². The van der Waals surface area contributed by atoms with Gasteiger partial charge in [-0.2, -0.15) is 5.10 Å². The Bertz CT molecular complexity index is 398. The standard InChI is InChI=1S/C10H15N3O2/c1-13-8-4-3-6(11)5-7(8)9(12-13)10(14)15-2/h6H,3-5,11H2,1-2H3. The first kappa shape index (κ1) is 10.2. The third-order valence-corrected chi connectivity index (χ3v) is 2.87. The summed E-state index contributed by atoms with van der Waals surface area (Å²) in [5, 5.41) is 4.18. The van der Waals surface area contributed by atoms with Crippen molar-refractivity contribution in [2.75, 3.05) is 7.11 Å². The first-order valence-corrected chi connectivity index (χ1v) is 5.02. The summed E-state index contributed by atoms with van der Waals surface area (Å²) in [5.41, 5.74) is 8.37. The van der Waals surface area contributed by atoms with Gasteiger partial charge in [-0.25, -0.2) is 4.79 Å². The number of fused-ring (bicyclic) bond motifs is 1. The van der Waals surface area contributed by atoms with Crippen LogP contribution in [-0.4, -0.2) is 28.9 Å². The van der Waals surface area contributed by atoms with E-state index in [4.69, 9.17) is 10.5 Å². The highest BCUT2D eigenvalue weighted by atomic mass is 16.5. The van der Waals surface area contributed by atoms with Gasteiger partial charge >= 0.3 is 5.97 Å². The van der Waals surface area contributed by atoms with E-state index >= 15 is 0 Å². The molecule has 0 spiro atoms. The van der Waals surface area contributed by atoms with Crippen molar-refractivity contribution in [1.82, 2.24) is 9.78 Å². The van der Waals surface area contributed by atoms with Gasteiger partial charge in [0.05, 0.1) is 7.11 Å². The summed E-state index contributed by atoms with van der Waals surface area (Å²) in [7, 11) is 3.22. The highest BCUT2D eigenvalue weighted by molar-refractivity contribution is 5.89. The molecular weight excluding hydrogens is 194 g/mol. The first-order valence-electron chi connectivity index (χ1n) is 5.02. The van der Waals surface area contributed by atoms with Gasteiger partial charge in [0.15, 0.2) is 5.69 Å². The molecule has 1 unspecified atom stereocenters. The van der Waals surface area contributed by atoms with Gasteiger partial charge in [-0.1, -0.05) is 0 Å². The molecule has 5 heteroatoms. The van der Waals surface area contributed by atoms with Crippen LogP contribution in [0.3, 0.4) is 0 Å². The summed E-state index contributed by atoms with van der Waals surface area (Å²) in [4.78, 5) is 11.5. The van der Waals surface area contributed by atoms with Gasteiger partial charge in [-0.3, -0.25) is 4.68 Å². The zero-order valence-corrected chi connectivity index (χ0v) is 8.99. The molecule has 2 rings (SSSR count). The number of ether oxygens (including phenoxy) is 1. The van der Waals surface area contributed by atoms with Crippen LogP contribution in [-0.2, 0) is 24.6 Å². The highest BCUT2D eigenvalue weighted by Gasteiger charge is 2.26. The molecule has 0 bridgehead atoms. The minimum absolute atomic E-state index is 0.130. The van der Waals surface area contributed by atoms with Gasteiger partial charge in [-0.15, -0.1) is 0 Å². The molecular formula is C10H15N3O2. The van der Waals surface area contributed by atoms with Gasteiger partial charge in [0.25, 0.3) is 0 Å². The van der Waals surface area contributed by atoms with E-state index in [1.54, 1.807) is 4.68 Å². The number of hydrogen-bond donors (Lipinski definition) is 1. The smallest absolute Gasteiger partial charge is 0.358 e. The summed E-state index contributed by atoms with van der Waals surface area (Å²) in [6, 6.07) is 0.130. The Balaban J connectivity index is 2.45. The molecule has 1 heterocycles. The van der Waals surface area contributed by atoms with Gasteiger partial charge in [-0.05, 0) is 19.3 Å². The maximum absolute atomic E-state index is 11.5. The summed E-state index contributed by atoms with van der Waals surface area (Å²) >= 11 is 0. The fourth-order valence-electron chi connectivity index (χ4n) is 2.08. The quantitative estimate of drug-likeness (QED) is 0.662. The second-order valence-electron chi connectivity index (χ2n) is 3.89. The SMILES string of the molecule is COC(=O)c1nn(C)c2c1CC(N)CC2. The number of rotatable bonds is 1.